The lowest BCUT2D eigenvalue weighted by Crippen LogP contribution is -2.44. The van der Waals surface area contributed by atoms with Gasteiger partial charge in [0, 0.05) is 12.8 Å². The topological polar surface area (TPSA) is 67.4 Å². The van der Waals surface area contributed by atoms with Crippen LogP contribution in [0.15, 0.2) is 30.3 Å². The fraction of sp³-hybridized carbons (Fsp3) is 0.529. The molecule has 1 fully saturated rings. The molecule has 2 rings (SSSR count). The Hall–Kier alpha value is -1.59. The molecular weight excluding hydrogens is 316 g/mol. The molecule has 1 saturated heterocycles. The summed E-state index contributed by atoms with van der Waals surface area (Å²) in [4.78, 5) is 24.1. The highest BCUT2D eigenvalue weighted by atomic mass is 35.5. The van der Waals surface area contributed by atoms with Crippen molar-refractivity contribution in [3.63, 3.8) is 0 Å². The van der Waals surface area contributed by atoms with Crippen LogP contribution in [0.4, 0.5) is 0 Å². The first-order chi connectivity index (χ1) is 10.7. The molecule has 6 heteroatoms. The fourth-order valence-electron chi connectivity index (χ4n) is 2.79. The van der Waals surface area contributed by atoms with E-state index in [9.17, 15) is 9.59 Å². The maximum absolute atomic E-state index is 12.2. The summed E-state index contributed by atoms with van der Waals surface area (Å²) >= 11 is 0. The van der Waals surface area contributed by atoms with Crippen molar-refractivity contribution in [1.82, 2.24) is 10.6 Å². The van der Waals surface area contributed by atoms with Crippen LogP contribution in [0.5, 0.6) is 0 Å². The van der Waals surface area contributed by atoms with E-state index < -0.39 is 12.0 Å². The average molecular weight is 341 g/mol. The monoisotopic (exact) mass is 340 g/mol. The highest BCUT2D eigenvalue weighted by molar-refractivity contribution is 5.85. The number of halogens is 1. The highest BCUT2D eigenvalue weighted by Gasteiger charge is 2.24. The van der Waals surface area contributed by atoms with Crippen LogP contribution in [0.1, 0.15) is 24.8 Å². The number of rotatable bonds is 6. The van der Waals surface area contributed by atoms with Gasteiger partial charge in [0.05, 0.1) is 7.11 Å². The molecule has 0 radical (unpaired) electrons. The van der Waals surface area contributed by atoms with E-state index in [4.69, 9.17) is 4.74 Å². The summed E-state index contributed by atoms with van der Waals surface area (Å²) in [6, 6.07) is 9.01. The van der Waals surface area contributed by atoms with Gasteiger partial charge in [-0.2, -0.15) is 0 Å². The fourth-order valence-corrected chi connectivity index (χ4v) is 2.79. The molecule has 2 N–H and O–H groups in total. The Morgan fingerprint density at radius 1 is 1.26 bits per heavy atom. The number of ether oxygens (including phenoxy) is 1. The average Bonchev–Trinajstić information content (AvgIpc) is 2.55. The van der Waals surface area contributed by atoms with Crippen LogP contribution in [-0.2, 0) is 20.7 Å². The molecule has 0 bridgehead atoms. The largest absolute Gasteiger partial charge is 0.467 e. The number of methoxy groups -OCH3 is 1. The minimum Gasteiger partial charge on any atom is -0.467 e. The molecule has 1 atom stereocenters. The number of hydrogen-bond acceptors (Lipinski definition) is 4. The van der Waals surface area contributed by atoms with E-state index in [1.165, 1.54) is 7.11 Å². The molecule has 0 saturated carbocycles. The molecule has 0 aromatic heterocycles. The second-order valence-corrected chi connectivity index (χ2v) is 5.73. The van der Waals surface area contributed by atoms with Crippen LogP contribution < -0.4 is 10.6 Å². The van der Waals surface area contributed by atoms with Crippen molar-refractivity contribution in [2.24, 2.45) is 5.92 Å². The van der Waals surface area contributed by atoms with Gasteiger partial charge < -0.3 is 15.4 Å². The summed E-state index contributed by atoms with van der Waals surface area (Å²) in [6.45, 7) is 1.92. The van der Waals surface area contributed by atoms with Crippen molar-refractivity contribution in [3.8, 4) is 0 Å². The molecule has 1 aliphatic rings. The third-order valence-electron chi connectivity index (χ3n) is 4.04. The van der Waals surface area contributed by atoms with Gasteiger partial charge in [0.15, 0.2) is 0 Å². The Morgan fingerprint density at radius 2 is 1.91 bits per heavy atom. The first-order valence-corrected chi connectivity index (χ1v) is 7.81. The number of nitrogens with one attached hydrogen (secondary N) is 2. The summed E-state index contributed by atoms with van der Waals surface area (Å²) in [5.41, 5.74) is 1.00. The molecule has 0 aliphatic carbocycles. The maximum Gasteiger partial charge on any atom is 0.328 e. The first kappa shape index (κ1) is 19.5. The van der Waals surface area contributed by atoms with Crippen LogP contribution in [0, 0.1) is 5.92 Å². The van der Waals surface area contributed by atoms with E-state index in [0.29, 0.717) is 18.8 Å². The zero-order chi connectivity index (χ0) is 15.8. The molecular formula is C17H25ClN2O3. The van der Waals surface area contributed by atoms with Crippen molar-refractivity contribution in [3.05, 3.63) is 35.9 Å². The second kappa shape index (κ2) is 10.2. The van der Waals surface area contributed by atoms with Crippen LogP contribution >= 0.6 is 12.4 Å². The quantitative estimate of drug-likeness (QED) is 0.773. The molecule has 23 heavy (non-hydrogen) atoms. The molecule has 1 aliphatic heterocycles. The van der Waals surface area contributed by atoms with Gasteiger partial charge >= 0.3 is 5.97 Å². The minimum atomic E-state index is -0.624. The molecule has 1 amide bonds. The standard InChI is InChI=1S/C17H24N2O3.ClH/c1-22-17(21)15(11-13-5-3-2-4-6-13)19-16(20)12-14-7-9-18-10-8-14;/h2-6,14-15,18H,7-12H2,1H3,(H,19,20);1H. The number of piperidine rings is 1. The van der Waals surface area contributed by atoms with Crippen LogP contribution in [-0.4, -0.2) is 38.1 Å². The van der Waals surface area contributed by atoms with Gasteiger partial charge in [-0.3, -0.25) is 4.79 Å². The lowest BCUT2D eigenvalue weighted by Gasteiger charge is -2.23. The van der Waals surface area contributed by atoms with Crippen molar-refractivity contribution in [2.75, 3.05) is 20.2 Å². The summed E-state index contributed by atoms with van der Waals surface area (Å²) < 4.78 is 4.81. The van der Waals surface area contributed by atoms with E-state index in [-0.39, 0.29) is 18.3 Å². The zero-order valence-electron chi connectivity index (χ0n) is 13.4. The summed E-state index contributed by atoms with van der Waals surface area (Å²) in [7, 11) is 1.35. The normalized spacial score (nSPS) is 16.0. The van der Waals surface area contributed by atoms with E-state index in [2.05, 4.69) is 10.6 Å². The Morgan fingerprint density at radius 3 is 2.52 bits per heavy atom. The van der Waals surface area contributed by atoms with Crippen molar-refractivity contribution < 1.29 is 14.3 Å². The molecule has 5 nitrogen and oxygen atoms in total. The number of esters is 1. The molecule has 1 heterocycles. The van der Waals surface area contributed by atoms with Gasteiger partial charge in [-0.05, 0) is 37.4 Å². The third-order valence-corrected chi connectivity index (χ3v) is 4.04. The maximum atomic E-state index is 12.2. The van der Waals surface area contributed by atoms with Crippen LogP contribution in [0.2, 0.25) is 0 Å². The highest BCUT2D eigenvalue weighted by Crippen LogP contribution is 2.16. The predicted octanol–water partition coefficient (Wildman–Crippen LogP) is 1.70. The van der Waals surface area contributed by atoms with Crippen LogP contribution in [0.25, 0.3) is 0 Å². The van der Waals surface area contributed by atoms with Gasteiger partial charge in [0.1, 0.15) is 6.04 Å². The summed E-state index contributed by atoms with van der Waals surface area (Å²) in [5, 5.41) is 6.11. The SMILES string of the molecule is COC(=O)C(Cc1ccccc1)NC(=O)CC1CCNCC1.Cl. The Bertz CT molecular complexity index is 490. The molecule has 1 unspecified atom stereocenters. The second-order valence-electron chi connectivity index (χ2n) is 5.73. The van der Waals surface area contributed by atoms with E-state index in [1.807, 2.05) is 30.3 Å². The molecule has 1 aromatic carbocycles. The van der Waals surface area contributed by atoms with Crippen molar-refractivity contribution in [2.45, 2.75) is 31.7 Å². The third kappa shape index (κ3) is 6.59. The zero-order valence-corrected chi connectivity index (χ0v) is 14.2. The molecule has 0 spiro atoms. The van der Waals surface area contributed by atoms with Gasteiger partial charge in [-0.25, -0.2) is 4.79 Å². The van der Waals surface area contributed by atoms with Crippen molar-refractivity contribution in [1.29, 1.82) is 0 Å². The van der Waals surface area contributed by atoms with E-state index in [1.54, 1.807) is 0 Å². The number of benzene rings is 1. The van der Waals surface area contributed by atoms with Gasteiger partial charge in [0.25, 0.3) is 0 Å². The van der Waals surface area contributed by atoms with Gasteiger partial charge in [-0.1, -0.05) is 30.3 Å². The number of carbonyl (C=O) groups excluding carboxylic acids is 2. The van der Waals surface area contributed by atoms with E-state index in [0.717, 1.165) is 31.5 Å². The van der Waals surface area contributed by atoms with E-state index >= 15 is 0 Å². The Labute approximate surface area is 143 Å². The number of carbonyl (C=O) groups is 2. The molecule has 128 valence electrons. The molecule has 1 aromatic rings. The first-order valence-electron chi connectivity index (χ1n) is 7.81. The van der Waals surface area contributed by atoms with Gasteiger partial charge in [-0.15, -0.1) is 12.4 Å². The Kier molecular flexibility index (Phi) is 8.66. The smallest absolute Gasteiger partial charge is 0.328 e. The lowest BCUT2D eigenvalue weighted by molar-refractivity contribution is -0.145. The number of amides is 1. The lowest BCUT2D eigenvalue weighted by atomic mass is 9.94. The number of hydrogen-bond donors (Lipinski definition) is 2. The summed E-state index contributed by atoms with van der Waals surface area (Å²) in [5.74, 6) is -0.0722. The minimum absolute atomic E-state index is 0. The van der Waals surface area contributed by atoms with Crippen LogP contribution in [0.3, 0.4) is 0 Å². The summed E-state index contributed by atoms with van der Waals surface area (Å²) in [6.07, 6.45) is 2.94. The van der Waals surface area contributed by atoms with Crippen molar-refractivity contribution >= 4 is 24.3 Å². The predicted molar refractivity (Wildman–Crippen MR) is 91.6 cm³/mol. The Balaban J connectivity index is 0.00000264. The van der Waals surface area contributed by atoms with Gasteiger partial charge in [0.2, 0.25) is 5.91 Å².